The molecule has 0 bridgehead atoms. The van der Waals surface area contributed by atoms with Crippen molar-refractivity contribution in [1.82, 2.24) is 15.5 Å². The summed E-state index contributed by atoms with van der Waals surface area (Å²) >= 11 is 6.81. The molecule has 1 saturated carbocycles. The van der Waals surface area contributed by atoms with Crippen LogP contribution in [0.3, 0.4) is 0 Å². The van der Waals surface area contributed by atoms with E-state index >= 15 is 0 Å². The third-order valence-corrected chi connectivity index (χ3v) is 4.95. The van der Waals surface area contributed by atoms with Crippen molar-refractivity contribution in [2.75, 3.05) is 0 Å². The molecule has 1 aromatic heterocycles. The Morgan fingerprint density at radius 3 is 2.48 bits per heavy atom. The quantitative estimate of drug-likeness (QED) is 0.938. The number of nitrogens with one attached hydrogen (secondary N) is 1. The molecule has 1 heterocycles. The molecule has 0 saturated heterocycles. The first kappa shape index (κ1) is 14.5. The molecule has 0 atom stereocenters. The number of aromatic nitrogens is 2. The first-order valence-corrected chi connectivity index (χ1v) is 8.26. The Kier molecular flexibility index (Phi) is 4.51. The van der Waals surface area contributed by atoms with Gasteiger partial charge in [-0.05, 0) is 48.8 Å². The van der Waals surface area contributed by atoms with E-state index in [4.69, 9.17) is 11.6 Å². The van der Waals surface area contributed by atoms with Crippen molar-refractivity contribution < 1.29 is 4.79 Å². The van der Waals surface area contributed by atoms with Crippen molar-refractivity contribution in [3.63, 3.8) is 0 Å². The van der Waals surface area contributed by atoms with Crippen molar-refractivity contribution >= 4 is 28.8 Å². The lowest BCUT2D eigenvalue weighted by Gasteiger charge is -2.29. The number of carbonyl (C=O) groups is 1. The average Bonchev–Trinajstić information content (AvgIpc) is 2.96. The zero-order valence-corrected chi connectivity index (χ0v) is 13.0. The van der Waals surface area contributed by atoms with Crippen LogP contribution in [-0.4, -0.2) is 22.1 Å². The maximum atomic E-state index is 12.0. The smallest absolute Gasteiger partial charge is 0.282 e. The first-order valence-electron chi connectivity index (χ1n) is 7.07. The van der Waals surface area contributed by atoms with Gasteiger partial charge in [0.25, 0.3) is 5.91 Å². The predicted octanol–water partition coefficient (Wildman–Crippen LogP) is 3.65. The molecule has 0 aliphatic heterocycles. The third kappa shape index (κ3) is 3.60. The standard InChI is InChI=1S/C15H16ClN3OS/c16-15-19-18-14(21-15)13(20)17-12-8-6-11(7-9-12)10-4-2-1-3-5-10/h1-5,11-12H,6-9H2,(H,17,20). The van der Waals surface area contributed by atoms with E-state index in [-0.39, 0.29) is 11.9 Å². The third-order valence-electron chi connectivity index (χ3n) is 3.93. The number of rotatable bonds is 3. The van der Waals surface area contributed by atoms with Gasteiger partial charge in [-0.1, -0.05) is 41.7 Å². The van der Waals surface area contributed by atoms with Crippen LogP contribution in [0, 0.1) is 0 Å². The molecule has 1 aliphatic rings. The van der Waals surface area contributed by atoms with Crippen LogP contribution in [0.15, 0.2) is 30.3 Å². The fraction of sp³-hybridized carbons (Fsp3) is 0.400. The van der Waals surface area contributed by atoms with Gasteiger partial charge >= 0.3 is 0 Å². The molecule has 1 N–H and O–H groups in total. The minimum atomic E-state index is -0.164. The van der Waals surface area contributed by atoms with Crippen LogP contribution in [0.4, 0.5) is 0 Å². The van der Waals surface area contributed by atoms with Crippen LogP contribution < -0.4 is 5.32 Å². The van der Waals surface area contributed by atoms with Crippen molar-refractivity contribution in [2.45, 2.75) is 37.6 Å². The summed E-state index contributed by atoms with van der Waals surface area (Å²) in [6.07, 6.45) is 4.20. The number of hydrogen-bond acceptors (Lipinski definition) is 4. The second kappa shape index (κ2) is 6.54. The molecule has 1 amide bonds. The maximum absolute atomic E-state index is 12.0. The second-order valence-electron chi connectivity index (χ2n) is 5.29. The molecule has 21 heavy (non-hydrogen) atoms. The van der Waals surface area contributed by atoms with Gasteiger partial charge in [-0.3, -0.25) is 4.79 Å². The highest BCUT2D eigenvalue weighted by molar-refractivity contribution is 7.17. The van der Waals surface area contributed by atoms with Crippen LogP contribution in [0.2, 0.25) is 4.47 Å². The van der Waals surface area contributed by atoms with Crippen LogP contribution in [0.25, 0.3) is 0 Å². The summed E-state index contributed by atoms with van der Waals surface area (Å²) in [4.78, 5) is 12.0. The summed E-state index contributed by atoms with van der Waals surface area (Å²) in [7, 11) is 0. The number of halogens is 1. The summed E-state index contributed by atoms with van der Waals surface area (Å²) in [5, 5.41) is 10.8. The zero-order chi connectivity index (χ0) is 14.7. The molecule has 110 valence electrons. The van der Waals surface area contributed by atoms with Gasteiger partial charge in [0, 0.05) is 6.04 Å². The zero-order valence-electron chi connectivity index (χ0n) is 11.5. The minimum absolute atomic E-state index is 0.164. The topological polar surface area (TPSA) is 54.9 Å². The van der Waals surface area contributed by atoms with Gasteiger partial charge in [-0.15, -0.1) is 10.2 Å². The van der Waals surface area contributed by atoms with Gasteiger partial charge < -0.3 is 5.32 Å². The largest absolute Gasteiger partial charge is 0.347 e. The van der Waals surface area contributed by atoms with E-state index < -0.39 is 0 Å². The minimum Gasteiger partial charge on any atom is -0.347 e. The summed E-state index contributed by atoms with van der Waals surface area (Å²) in [5.41, 5.74) is 1.40. The molecule has 1 fully saturated rings. The lowest BCUT2D eigenvalue weighted by atomic mass is 9.82. The van der Waals surface area contributed by atoms with Gasteiger partial charge in [-0.25, -0.2) is 0 Å². The Hall–Kier alpha value is -1.46. The molecular formula is C15H16ClN3OS. The number of nitrogens with zero attached hydrogens (tertiary/aromatic N) is 2. The van der Waals surface area contributed by atoms with E-state index in [2.05, 4.69) is 39.8 Å². The monoisotopic (exact) mass is 321 g/mol. The Morgan fingerprint density at radius 1 is 1.14 bits per heavy atom. The molecule has 6 heteroatoms. The Bertz CT molecular complexity index is 608. The molecular weight excluding hydrogens is 306 g/mol. The maximum Gasteiger partial charge on any atom is 0.282 e. The van der Waals surface area contributed by atoms with Gasteiger partial charge in [0.05, 0.1) is 0 Å². The fourth-order valence-corrected chi connectivity index (χ4v) is 3.57. The Morgan fingerprint density at radius 2 is 1.86 bits per heavy atom. The molecule has 0 unspecified atom stereocenters. The summed E-state index contributed by atoms with van der Waals surface area (Å²) in [5.74, 6) is 0.442. The van der Waals surface area contributed by atoms with E-state index in [1.807, 2.05) is 6.07 Å². The SMILES string of the molecule is O=C(NC1CCC(c2ccccc2)CC1)c1nnc(Cl)s1. The Labute approximate surface area is 132 Å². The highest BCUT2D eigenvalue weighted by Crippen LogP contribution is 2.32. The van der Waals surface area contributed by atoms with Gasteiger partial charge in [-0.2, -0.15) is 0 Å². The predicted molar refractivity (Wildman–Crippen MR) is 83.8 cm³/mol. The highest BCUT2D eigenvalue weighted by Gasteiger charge is 2.24. The molecule has 1 aromatic carbocycles. The van der Waals surface area contributed by atoms with Crippen LogP contribution in [0.1, 0.15) is 47.0 Å². The molecule has 0 radical (unpaired) electrons. The molecule has 3 rings (SSSR count). The average molecular weight is 322 g/mol. The second-order valence-corrected chi connectivity index (χ2v) is 6.85. The lowest BCUT2D eigenvalue weighted by Crippen LogP contribution is -2.37. The van der Waals surface area contributed by atoms with Gasteiger partial charge in [0.2, 0.25) is 9.47 Å². The van der Waals surface area contributed by atoms with Crippen molar-refractivity contribution in [2.24, 2.45) is 0 Å². The van der Waals surface area contributed by atoms with Crippen LogP contribution in [0.5, 0.6) is 0 Å². The number of carbonyl (C=O) groups excluding carboxylic acids is 1. The first-order chi connectivity index (χ1) is 10.2. The van der Waals surface area contributed by atoms with Crippen molar-refractivity contribution in [3.8, 4) is 0 Å². The molecule has 4 nitrogen and oxygen atoms in total. The van der Waals surface area contributed by atoms with Gasteiger partial charge in [0.1, 0.15) is 0 Å². The summed E-state index contributed by atoms with van der Waals surface area (Å²) in [6, 6.07) is 10.8. The molecule has 1 aliphatic carbocycles. The van der Waals surface area contributed by atoms with Crippen LogP contribution >= 0.6 is 22.9 Å². The van der Waals surface area contributed by atoms with Crippen molar-refractivity contribution in [1.29, 1.82) is 0 Å². The van der Waals surface area contributed by atoms with Gasteiger partial charge in [0.15, 0.2) is 0 Å². The highest BCUT2D eigenvalue weighted by atomic mass is 35.5. The molecule has 0 spiro atoms. The van der Waals surface area contributed by atoms with Crippen LogP contribution in [-0.2, 0) is 0 Å². The van der Waals surface area contributed by atoms with E-state index in [1.165, 1.54) is 5.56 Å². The van der Waals surface area contributed by atoms with E-state index in [9.17, 15) is 4.79 Å². The fourth-order valence-electron chi connectivity index (χ4n) is 2.84. The number of benzene rings is 1. The molecule has 2 aromatic rings. The van der Waals surface area contributed by atoms with E-state index in [0.717, 1.165) is 37.0 Å². The normalized spacial score (nSPS) is 22.0. The summed E-state index contributed by atoms with van der Waals surface area (Å²) < 4.78 is 0.299. The van der Waals surface area contributed by atoms with Crippen molar-refractivity contribution in [3.05, 3.63) is 45.4 Å². The number of amides is 1. The van der Waals surface area contributed by atoms with E-state index in [0.29, 0.717) is 15.4 Å². The van der Waals surface area contributed by atoms with E-state index in [1.54, 1.807) is 0 Å². The summed E-state index contributed by atoms with van der Waals surface area (Å²) in [6.45, 7) is 0. The number of hydrogen-bond donors (Lipinski definition) is 1. The Balaban J connectivity index is 1.53. The lowest BCUT2D eigenvalue weighted by molar-refractivity contribution is 0.0924.